The molecule has 2 aliphatic rings. The van der Waals surface area contributed by atoms with Crippen LogP contribution in [0.4, 0.5) is 0 Å². The van der Waals surface area contributed by atoms with Gasteiger partial charge in [0.1, 0.15) is 11.6 Å². The molecule has 11 nitrogen and oxygen atoms in total. The van der Waals surface area contributed by atoms with Crippen LogP contribution in [0.1, 0.15) is 37.3 Å². The van der Waals surface area contributed by atoms with Gasteiger partial charge in [-0.2, -0.15) is 10.4 Å². The van der Waals surface area contributed by atoms with Gasteiger partial charge in [0.15, 0.2) is 11.5 Å². The number of H-pyrrole nitrogens is 1. The summed E-state index contributed by atoms with van der Waals surface area (Å²) in [6.07, 6.45) is 7.78. The number of carbonyl (C=O) groups excluding carboxylic acids is 1. The minimum atomic E-state index is -0.374. The largest absolute Gasteiger partial charge is 0.368 e. The minimum absolute atomic E-state index is 0.00468. The van der Waals surface area contributed by atoms with Gasteiger partial charge in [-0.05, 0) is 37.8 Å². The Morgan fingerprint density at radius 1 is 1.26 bits per heavy atom. The van der Waals surface area contributed by atoms with E-state index in [9.17, 15) is 14.9 Å². The van der Waals surface area contributed by atoms with Gasteiger partial charge in [0.25, 0.3) is 5.91 Å². The number of ether oxygens (including phenoxy) is 1. The molecule has 0 aromatic carbocycles. The monoisotopic (exact) mass is 458 g/mol. The van der Waals surface area contributed by atoms with Gasteiger partial charge in [-0.1, -0.05) is 0 Å². The summed E-state index contributed by atoms with van der Waals surface area (Å²) in [5.41, 5.74) is 2.62. The minimum Gasteiger partial charge on any atom is -0.368 e. The number of aromatic nitrogens is 6. The molecule has 2 unspecified atom stereocenters. The number of hydrogen-bond donors (Lipinski definition) is 1. The third-order valence-corrected chi connectivity index (χ3v) is 6.63. The van der Waals surface area contributed by atoms with Gasteiger partial charge < -0.3 is 14.6 Å². The second-order valence-corrected chi connectivity index (χ2v) is 8.73. The Balaban J connectivity index is 1.38. The highest BCUT2D eigenvalue weighted by Gasteiger charge is 2.33. The molecule has 2 fully saturated rings. The zero-order valence-electron chi connectivity index (χ0n) is 18.3. The highest BCUT2D eigenvalue weighted by atomic mass is 16.5. The van der Waals surface area contributed by atoms with Crippen LogP contribution < -0.4 is 5.69 Å². The zero-order valence-corrected chi connectivity index (χ0v) is 18.3. The standard InChI is InChI=1S/C23H22N8O3/c24-10-14-5-7-30-18(9-14)16(11-26-30)20-25-12-17-21(28-20)31(23(33)27-17)15-3-1-6-29(13-15)22(32)19-4-2-8-34-19/h5,7,9,11-12,15,19H,1-4,6,8,13H2,(H,27,33). The van der Waals surface area contributed by atoms with E-state index in [0.29, 0.717) is 53.3 Å². The molecule has 34 heavy (non-hydrogen) atoms. The number of hydrogen-bond acceptors (Lipinski definition) is 7. The molecule has 0 radical (unpaired) electrons. The van der Waals surface area contributed by atoms with E-state index in [-0.39, 0.29) is 23.7 Å². The van der Waals surface area contributed by atoms with E-state index < -0.39 is 0 Å². The van der Waals surface area contributed by atoms with Gasteiger partial charge in [0.2, 0.25) is 0 Å². The van der Waals surface area contributed by atoms with Gasteiger partial charge in [-0.25, -0.2) is 19.3 Å². The fourth-order valence-electron chi connectivity index (χ4n) is 4.95. The van der Waals surface area contributed by atoms with E-state index in [0.717, 1.165) is 25.7 Å². The first-order valence-corrected chi connectivity index (χ1v) is 11.4. The number of nitrogens with zero attached hydrogens (tertiary/aromatic N) is 7. The molecule has 11 heteroatoms. The van der Waals surface area contributed by atoms with Crippen molar-refractivity contribution in [2.24, 2.45) is 0 Å². The number of nitrogens with one attached hydrogen (secondary N) is 1. The maximum Gasteiger partial charge on any atom is 0.328 e. The third kappa shape index (κ3) is 3.34. The summed E-state index contributed by atoms with van der Waals surface area (Å²) < 4.78 is 8.88. The average Bonchev–Trinajstić information content (AvgIpc) is 3.61. The lowest BCUT2D eigenvalue weighted by Crippen LogP contribution is -2.46. The van der Waals surface area contributed by atoms with E-state index in [1.165, 1.54) is 0 Å². The van der Waals surface area contributed by atoms with Crippen molar-refractivity contribution in [2.45, 2.75) is 37.8 Å². The summed E-state index contributed by atoms with van der Waals surface area (Å²) in [5.74, 6) is 0.415. The van der Waals surface area contributed by atoms with E-state index >= 15 is 0 Å². The Kier molecular flexibility index (Phi) is 4.88. The summed E-state index contributed by atoms with van der Waals surface area (Å²) >= 11 is 0. The van der Waals surface area contributed by atoms with E-state index in [2.05, 4.69) is 21.1 Å². The Hall–Kier alpha value is -4.04. The summed E-state index contributed by atoms with van der Waals surface area (Å²) in [6.45, 7) is 1.72. The molecule has 0 bridgehead atoms. The number of aromatic amines is 1. The summed E-state index contributed by atoms with van der Waals surface area (Å²) in [7, 11) is 0. The normalized spacial score (nSPS) is 20.7. The molecule has 172 valence electrons. The van der Waals surface area contributed by atoms with Gasteiger partial charge in [0, 0.05) is 25.9 Å². The lowest BCUT2D eigenvalue weighted by molar-refractivity contribution is -0.142. The van der Waals surface area contributed by atoms with Crippen molar-refractivity contribution in [1.29, 1.82) is 5.26 Å². The van der Waals surface area contributed by atoms with Crippen LogP contribution in [-0.4, -0.2) is 65.7 Å². The fourth-order valence-corrected chi connectivity index (χ4v) is 4.95. The highest BCUT2D eigenvalue weighted by Crippen LogP contribution is 2.27. The number of amides is 1. The van der Waals surface area contributed by atoms with E-state index in [4.69, 9.17) is 9.72 Å². The molecule has 6 heterocycles. The Morgan fingerprint density at radius 3 is 3.00 bits per heavy atom. The molecule has 2 saturated heterocycles. The van der Waals surface area contributed by atoms with Crippen molar-refractivity contribution in [3.8, 4) is 17.5 Å². The average molecular weight is 458 g/mol. The van der Waals surface area contributed by atoms with Crippen LogP contribution in [0.5, 0.6) is 0 Å². The molecule has 4 aromatic heterocycles. The van der Waals surface area contributed by atoms with Gasteiger partial charge in [-0.3, -0.25) is 9.36 Å². The van der Waals surface area contributed by atoms with E-state index in [1.54, 1.807) is 39.8 Å². The van der Waals surface area contributed by atoms with Gasteiger partial charge in [0.05, 0.1) is 41.1 Å². The van der Waals surface area contributed by atoms with Crippen molar-refractivity contribution in [3.63, 3.8) is 0 Å². The molecule has 1 N–H and O–H groups in total. The fraction of sp³-hybridized carbons (Fsp3) is 0.391. The zero-order chi connectivity index (χ0) is 23.2. The highest BCUT2D eigenvalue weighted by molar-refractivity contribution is 5.82. The van der Waals surface area contributed by atoms with Crippen molar-refractivity contribution in [1.82, 2.24) is 34.0 Å². The molecular formula is C23H22N8O3. The van der Waals surface area contributed by atoms with Crippen molar-refractivity contribution in [3.05, 3.63) is 46.8 Å². The summed E-state index contributed by atoms with van der Waals surface area (Å²) in [5, 5.41) is 13.6. The van der Waals surface area contributed by atoms with Crippen LogP contribution in [0.25, 0.3) is 28.1 Å². The molecule has 2 aliphatic heterocycles. The summed E-state index contributed by atoms with van der Waals surface area (Å²) in [6, 6.07) is 5.35. The molecule has 4 aromatic rings. The third-order valence-electron chi connectivity index (χ3n) is 6.63. The van der Waals surface area contributed by atoms with Crippen LogP contribution in [0.2, 0.25) is 0 Å². The van der Waals surface area contributed by atoms with Gasteiger partial charge >= 0.3 is 5.69 Å². The predicted molar refractivity (Wildman–Crippen MR) is 121 cm³/mol. The maximum absolute atomic E-state index is 12.9. The number of imidazole rings is 1. The maximum atomic E-state index is 12.9. The summed E-state index contributed by atoms with van der Waals surface area (Å²) in [4.78, 5) is 39.6. The SMILES string of the molecule is N#Cc1ccn2ncc(-c3ncc4[nH]c(=O)n(C5CCCN(C(=O)C6CCCO6)C5)c4n3)c2c1. The van der Waals surface area contributed by atoms with Crippen LogP contribution in [0.3, 0.4) is 0 Å². The molecule has 1 amide bonds. The smallest absolute Gasteiger partial charge is 0.328 e. The predicted octanol–water partition coefficient (Wildman–Crippen LogP) is 1.65. The second kappa shape index (κ2) is 8.07. The van der Waals surface area contributed by atoms with Gasteiger partial charge in [-0.15, -0.1) is 0 Å². The number of likely N-dealkylation sites (tertiary alicyclic amines) is 1. The van der Waals surface area contributed by atoms with Crippen LogP contribution >= 0.6 is 0 Å². The molecule has 0 saturated carbocycles. The Bertz CT molecular complexity index is 1500. The van der Waals surface area contributed by atoms with Crippen LogP contribution in [0, 0.1) is 11.3 Å². The first-order chi connectivity index (χ1) is 16.6. The number of nitriles is 1. The quantitative estimate of drug-likeness (QED) is 0.493. The van der Waals surface area contributed by atoms with Crippen LogP contribution in [-0.2, 0) is 9.53 Å². The number of pyridine rings is 1. The molecule has 6 rings (SSSR count). The van der Waals surface area contributed by atoms with E-state index in [1.807, 2.05) is 4.90 Å². The number of rotatable bonds is 3. The lowest BCUT2D eigenvalue weighted by Gasteiger charge is -2.34. The topological polar surface area (TPSA) is 134 Å². The van der Waals surface area contributed by atoms with Crippen molar-refractivity contribution < 1.29 is 9.53 Å². The number of piperidine rings is 1. The molecule has 2 atom stereocenters. The Labute approximate surface area is 193 Å². The molecular weight excluding hydrogens is 436 g/mol. The first kappa shape index (κ1) is 20.6. The molecule has 0 spiro atoms. The Morgan fingerprint density at radius 2 is 2.18 bits per heavy atom. The first-order valence-electron chi connectivity index (χ1n) is 11.4. The number of carbonyl (C=O) groups is 1. The van der Waals surface area contributed by atoms with Crippen molar-refractivity contribution in [2.75, 3.05) is 19.7 Å². The van der Waals surface area contributed by atoms with Crippen LogP contribution in [0.15, 0.2) is 35.5 Å². The molecule has 0 aliphatic carbocycles. The number of fused-ring (bicyclic) bond motifs is 2. The second-order valence-electron chi connectivity index (χ2n) is 8.73. The lowest BCUT2D eigenvalue weighted by atomic mass is 10.0. The van der Waals surface area contributed by atoms with Crippen molar-refractivity contribution >= 4 is 22.6 Å².